The summed E-state index contributed by atoms with van der Waals surface area (Å²) in [6, 6.07) is 12.3. The molecule has 0 spiro atoms. The molecule has 1 fully saturated rings. The zero-order chi connectivity index (χ0) is 23.5. The van der Waals surface area contributed by atoms with Gasteiger partial charge in [0.15, 0.2) is 5.11 Å². The maximum absolute atomic E-state index is 13.0. The Labute approximate surface area is 199 Å². The highest BCUT2D eigenvalue weighted by Gasteiger charge is 2.30. The number of hydrogen-bond donors (Lipinski definition) is 2. The zero-order valence-electron chi connectivity index (χ0n) is 18.3. The number of sulfonamides is 1. The van der Waals surface area contributed by atoms with Gasteiger partial charge in [0.25, 0.3) is 0 Å². The Hall–Kier alpha value is -2.20. The normalized spacial score (nSPS) is 15.0. The fourth-order valence-electron chi connectivity index (χ4n) is 3.36. The lowest BCUT2D eigenvalue weighted by Crippen LogP contribution is -2.49. The molecule has 0 aromatic heterocycles. The van der Waals surface area contributed by atoms with Crippen LogP contribution < -0.4 is 15.5 Å². The summed E-state index contributed by atoms with van der Waals surface area (Å²) in [7, 11) is -3.56. The van der Waals surface area contributed by atoms with E-state index in [9.17, 15) is 13.2 Å². The van der Waals surface area contributed by atoms with Crippen molar-refractivity contribution in [2.24, 2.45) is 5.92 Å². The molecule has 0 radical (unpaired) electrons. The second-order valence-electron chi connectivity index (χ2n) is 7.94. The van der Waals surface area contributed by atoms with Crippen LogP contribution in [0.4, 0.5) is 11.4 Å². The third-order valence-corrected chi connectivity index (χ3v) is 7.63. The predicted octanol–water partition coefficient (Wildman–Crippen LogP) is 3.63. The third-order valence-electron chi connectivity index (χ3n) is 5.21. The van der Waals surface area contributed by atoms with Gasteiger partial charge in [-0.05, 0) is 43.4 Å². The van der Waals surface area contributed by atoms with Gasteiger partial charge >= 0.3 is 0 Å². The van der Waals surface area contributed by atoms with Gasteiger partial charge < -0.3 is 15.5 Å². The molecule has 2 aromatic carbocycles. The van der Waals surface area contributed by atoms with Gasteiger partial charge in [0.2, 0.25) is 15.9 Å². The van der Waals surface area contributed by atoms with E-state index >= 15 is 0 Å². The highest BCUT2D eigenvalue weighted by atomic mass is 35.5. The Morgan fingerprint density at radius 2 is 1.69 bits per heavy atom. The lowest BCUT2D eigenvalue weighted by Gasteiger charge is -2.36. The van der Waals surface area contributed by atoms with E-state index < -0.39 is 10.0 Å². The monoisotopic (exact) mass is 494 g/mol. The van der Waals surface area contributed by atoms with Crippen molar-refractivity contribution in [3.8, 4) is 0 Å². The van der Waals surface area contributed by atoms with Crippen LogP contribution in [-0.2, 0) is 14.8 Å². The van der Waals surface area contributed by atoms with Gasteiger partial charge in [-0.15, -0.1) is 0 Å². The summed E-state index contributed by atoms with van der Waals surface area (Å²) >= 11 is 11.8. The highest BCUT2D eigenvalue weighted by molar-refractivity contribution is 7.89. The first-order valence-corrected chi connectivity index (χ1v) is 12.5. The first kappa shape index (κ1) is 24.4. The van der Waals surface area contributed by atoms with Crippen molar-refractivity contribution in [3.63, 3.8) is 0 Å². The molecule has 3 rings (SSSR count). The number of aryl methyl sites for hydroxylation is 1. The number of thiocarbonyl (C=S) groups is 1. The lowest BCUT2D eigenvalue weighted by atomic mass is 10.2. The summed E-state index contributed by atoms with van der Waals surface area (Å²) in [4.78, 5) is 14.2. The third kappa shape index (κ3) is 5.58. The second-order valence-corrected chi connectivity index (χ2v) is 10.7. The first-order valence-electron chi connectivity index (χ1n) is 10.3. The number of carbonyl (C=O) groups excluding carboxylic acids is 1. The van der Waals surface area contributed by atoms with Crippen LogP contribution in [0.3, 0.4) is 0 Å². The Morgan fingerprint density at radius 1 is 1.06 bits per heavy atom. The van der Waals surface area contributed by atoms with Crippen LogP contribution in [0, 0.1) is 12.8 Å². The van der Waals surface area contributed by atoms with E-state index in [1.54, 1.807) is 50.2 Å². The fraction of sp³-hybridized carbons (Fsp3) is 0.364. The van der Waals surface area contributed by atoms with E-state index in [1.165, 1.54) is 4.31 Å². The van der Waals surface area contributed by atoms with Crippen molar-refractivity contribution in [2.45, 2.75) is 25.7 Å². The summed E-state index contributed by atoms with van der Waals surface area (Å²) in [5.74, 6) is -0.377. The average molecular weight is 495 g/mol. The SMILES string of the molecule is Cc1ccc(S(=O)(=O)N2CCN(c3c(Cl)cccc3NC(=S)NC(=O)C(C)C)CC2)cc1. The standard InChI is InChI=1S/C22H27ClN4O3S2/c1-15(2)21(28)25-22(31)24-19-6-4-5-18(23)20(19)26-11-13-27(14-12-26)32(29,30)17-9-7-16(3)8-10-17/h4-10,15H,11-14H2,1-3H3,(H2,24,25,28,31). The second kappa shape index (κ2) is 10.2. The molecule has 0 bridgehead atoms. The largest absolute Gasteiger partial charge is 0.366 e. The van der Waals surface area contributed by atoms with Crippen molar-refractivity contribution in [1.82, 2.24) is 9.62 Å². The summed E-state index contributed by atoms with van der Waals surface area (Å²) in [5.41, 5.74) is 2.39. The Balaban J connectivity index is 1.73. The van der Waals surface area contributed by atoms with Crippen LogP contribution in [-0.4, -0.2) is 49.9 Å². The zero-order valence-corrected chi connectivity index (χ0v) is 20.6. The van der Waals surface area contributed by atoms with Gasteiger partial charge in [0.1, 0.15) is 0 Å². The number of anilines is 2. The molecule has 10 heteroatoms. The minimum Gasteiger partial charge on any atom is -0.366 e. The summed E-state index contributed by atoms with van der Waals surface area (Å²) < 4.78 is 27.5. The Kier molecular flexibility index (Phi) is 7.76. The number of nitrogens with zero attached hydrogens (tertiary/aromatic N) is 2. The van der Waals surface area contributed by atoms with E-state index in [4.69, 9.17) is 23.8 Å². The Morgan fingerprint density at radius 3 is 2.28 bits per heavy atom. The number of carbonyl (C=O) groups is 1. The van der Waals surface area contributed by atoms with Crippen LogP contribution in [0.2, 0.25) is 5.02 Å². The fourth-order valence-corrected chi connectivity index (χ4v) is 5.29. The molecule has 32 heavy (non-hydrogen) atoms. The van der Waals surface area contributed by atoms with Crippen LogP contribution in [0.1, 0.15) is 19.4 Å². The minimum absolute atomic E-state index is 0.180. The molecule has 0 aliphatic carbocycles. The van der Waals surface area contributed by atoms with E-state index in [0.717, 1.165) is 11.3 Å². The molecule has 172 valence electrons. The van der Waals surface area contributed by atoms with Crippen molar-refractivity contribution < 1.29 is 13.2 Å². The van der Waals surface area contributed by atoms with E-state index in [0.29, 0.717) is 41.8 Å². The molecule has 1 aliphatic rings. The molecular formula is C22H27ClN4O3S2. The first-order chi connectivity index (χ1) is 15.1. The van der Waals surface area contributed by atoms with E-state index in [-0.39, 0.29) is 16.9 Å². The number of hydrogen-bond acceptors (Lipinski definition) is 5. The van der Waals surface area contributed by atoms with Crippen molar-refractivity contribution >= 4 is 56.2 Å². The number of piperazine rings is 1. The van der Waals surface area contributed by atoms with Crippen LogP contribution in [0.25, 0.3) is 0 Å². The number of rotatable bonds is 5. The molecule has 0 atom stereocenters. The lowest BCUT2D eigenvalue weighted by molar-refractivity contribution is -0.122. The molecule has 1 heterocycles. The van der Waals surface area contributed by atoms with E-state index in [1.807, 2.05) is 17.9 Å². The molecule has 0 saturated carbocycles. The van der Waals surface area contributed by atoms with Gasteiger partial charge in [-0.2, -0.15) is 4.31 Å². The maximum Gasteiger partial charge on any atom is 0.243 e. The molecule has 1 amide bonds. The van der Waals surface area contributed by atoms with Crippen LogP contribution >= 0.6 is 23.8 Å². The van der Waals surface area contributed by atoms with Gasteiger partial charge in [-0.3, -0.25) is 4.79 Å². The highest BCUT2D eigenvalue weighted by Crippen LogP contribution is 2.35. The number of halogens is 1. The van der Waals surface area contributed by atoms with Crippen LogP contribution in [0.15, 0.2) is 47.4 Å². The number of para-hydroxylation sites is 1. The topological polar surface area (TPSA) is 81.8 Å². The van der Waals surface area contributed by atoms with Crippen molar-refractivity contribution in [3.05, 3.63) is 53.1 Å². The summed E-state index contributed by atoms with van der Waals surface area (Å²) in [5, 5.41) is 6.41. The summed E-state index contributed by atoms with van der Waals surface area (Å²) in [6.07, 6.45) is 0. The smallest absolute Gasteiger partial charge is 0.243 e. The van der Waals surface area contributed by atoms with Gasteiger partial charge in [-0.1, -0.05) is 49.2 Å². The van der Waals surface area contributed by atoms with Crippen molar-refractivity contribution in [2.75, 3.05) is 36.4 Å². The van der Waals surface area contributed by atoms with E-state index in [2.05, 4.69) is 10.6 Å². The molecule has 1 aliphatic heterocycles. The molecule has 1 saturated heterocycles. The van der Waals surface area contributed by atoms with Gasteiger partial charge in [0, 0.05) is 32.1 Å². The minimum atomic E-state index is -3.56. The van der Waals surface area contributed by atoms with Crippen LogP contribution in [0.5, 0.6) is 0 Å². The molecule has 2 aromatic rings. The molecule has 7 nitrogen and oxygen atoms in total. The molecule has 0 unspecified atom stereocenters. The Bertz CT molecular complexity index is 1100. The van der Waals surface area contributed by atoms with Gasteiger partial charge in [-0.25, -0.2) is 8.42 Å². The number of benzene rings is 2. The molecule has 2 N–H and O–H groups in total. The average Bonchev–Trinajstić information content (AvgIpc) is 2.74. The quantitative estimate of drug-likeness (QED) is 0.618. The maximum atomic E-state index is 13.0. The van der Waals surface area contributed by atoms with Gasteiger partial charge in [0.05, 0.1) is 21.3 Å². The number of amides is 1. The van der Waals surface area contributed by atoms with Crippen molar-refractivity contribution in [1.29, 1.82) is 0 Å². The summed E-state index contributed by atoms with van der Waals surface area (Å²) in [6.45, 7) is 7.08. The predicted molar refractivity (Wildman–Crippen MR) is 133 cm³/mol. The number of nitrogens with one attached hydrogen (secondary N) is 2. The molecular weight excluding hydrogens is 468 g/mol.